The summed E-state index contributed by atoms with van der Waals surface area (Å²) in [6.45, 7) is 0.487. The molecule has 0 radical (unpaired) electrons. The van der Waals surface area contributed by atoms with Crippen LogP contribution in [0.2, 0.25) is 0 Å². The van der Waals surface area contributed by atoms with E-state index in [2.05, 4.69) is 9.98 Å². The number of aliphatic imine (C=N–C) groups is 1. The van der Waals surface area contributed by atoms with E-state index < -0.39 is 6.04 Å². The van der Waals surface area contributed by atoms with E-state index in [0.717, 1.165) is 0 Å². The zero-order valence-corrected chi connectivity index (χ0v) is 9.61. The molecule has 0 unspecified atom stereocenters. The zero-order valence-electron chi connectivity index (χ0n) is 8.80. The third kappa shape index (κ3) is 3.95. The number of nitrogens with two attached hydrogens (primary N) is 3. The Labute approximate surface area is 97.6 Å². The van der Waals surface area contributed by atoms with Crippen LogP contribution in [0.4, 0.5) is 0 Å². The van der Waals surface area contributed by atoms with Crippen molar-refractivity contribution in [2.24, 2.45) is 22.2 Å². The van der Waals surface area contributed by atoms with Crippen molar-refractivity contribution in [1.82, 2.24) is 4.98 Å². The van der Waals surface area contributed by atoms with Crippen LogP contribution >= 0.6 is 11.3 Å². The molecule has 1 aromatic rings. The fourth-order valence-corrected chi connectivity index (χ4v) is 1.79. The van der Waals surface area contributed by atoms with Gasteiger partial charge in [0.25, 0.3) is 0 Å². The maximum atomic E-state index is 11.7. The molecule has 0 aliphatic carbocycles. The molecule has 1 atom stereocenters. The molecule has 0 aliphatic heterocycles. The van der Waals surface area contributed by atoms with Gasteiger partial charge in [0.15, 0.2) is 11.0 Å². The van der Waals surface area contributed by atoms with Crippen molar-refractivity contribution in [3.63, 3.8) is 0 Å². The minimum atomic E-state index is -0.527. The van der Waals surface area contributed by atoms with Crippen molar-refractivity contribution in [1.29, 1.82) is 0 Å². The van der Waals surface area contributed by atoms with Crippen LogP contribution < -0.4 is 17.2 Å². The number of rotatable bonds is 6. The van der Waals surface area contributed by atoms with Crippen LogP contribution in [0.5, 0.6) is 0 Å². The van der Waals surface area contributed by atoms with Gasteiger partial charge in [-0.2, -0.15) is 0 Å². The number of thiazole rings is 1. The lowest BCUT2D eigenvalue weighted by Gasteiger charge is -2.06. The summed E-state index contributed by atoms with van der Waals surface area (Å²) in [7, 11) is 0. The fraction of sp³-hybridized carbons (Fsp3) is 0.444. The number of hydrogen-bond acceptors (Lipinski definition) is 5. The van der Waals surface area contributed by atoms with Gasteiger partial charge >= 0.3 is 0 Å². The lowest BCUT2D eigenvalue weighted by molar-refractivity contribution is 0.0956. The van der Waals surface area contributed by atoms with Gasteiger partial charge in [-0.3, -0.25) is 9.79 Å². The van der Waals surface area contributed by atoms with Crippen molar-refractivity contribution in [3.8, 4) is 0 Å². The largest absolute Gasteiger partial charge is 0.370 e. The molecule has 16 heavy (non-hydrogen) atoms. The average Bonchev–Trinajstić information content (AvgIpc) is 2.76. The quantitative estimate of drug-likeness (QED) is 0.273. The number of guanidine groups is 1. The van der Waals surface area contributed by atoms with Crippen molar-refractivity contribution in [2.45, 2.75) is 18.9 Å². The molecule has 1 rings (SSSR count). The third-order valence-electron chi connectivity index (χ3n) is 1.95. The first-order valence-electron chi connectivity index (χ1n) is 4.86. The van der Waals surface area contributed by atoms with Gasteiger partial charge in [-0.25, -0.2) is 4.98 Å². The van der Waals surface area contributed by atoms with Gasteiger partial charge in [-0.05, 0) is 12.8 Å². The van der Waals surface area contributed by atoms with Crippen LogP contribution in [0.3, 0.4) is 0 Å². The van der Waals surface area contributed by atoms with E-state index in [-0.39, 0.29) is 11.7 Å². The van der Waals surface area contributed by atoms with E-state index in [0.29, 0.717) is 24.4 Å². The number of ketones is 1. The molecule has 0 saturated heterocycles. The number of hydrogen-bond donors (Lipinski definition) is 3. The first-order valence-corrected chi connectivity index (χ1v) is 5.74. The number of Topliss-reactive ketones (excluding diaryl/α,β-unsaturated/α-hetero) is 1. The van der Waals surface area contributed by atoms with Crippen LogP contribution in [0.1, 0.15) is 22.6 Å². The Morgan fingerprint density at radius 2 is 2.31 bits per heavy atom. The minimum absolute atomic E-state index is 0.0554. The molecule has 0 bridgehead atoms. The molecule has 0 amide bonds. The van der Waals surface area contributed by atoms with Crippen LogP contribution in [-0.4, -0.2) is 29.3 Å². The third-order valence-corrected chi connectivity index (χ3v) is 2.74. The standard InChI is InChI=1S/C9H15N5OS/c10-6(2-1-3-14-9(11)12)7(15)8-13-4-5-16-8/h4-6H,1-3,10H2,(H4,11,12,14)/t6-/m0/s1. The molecule has 0 spiro atoms. The molecule has 0 aromatic carbocycles. The average molecular weight is 241 g/mol. The van der Waals surface area contributed by atoms with Gasteiger partial charge in [0.05, 0.1) is 6.04 Å². The maximum Gasteiger partial charge on any atom is 0.207 e. The Morgan fingerprint density at radius 3 is 2.88 bits per heavy atom. The molecular formula is C9H15N5OS. The topological polar surface area (TPSA) is 120 Å². The first-order chi connectivity index (χ1) is 7.61. The van der Waals surface area contributed by atoms with Crippen LogP contribution in [-0.2, 0) is 0 Å². The highest BCUT2D eigenvalue weighted by Gasteiger charge is 2.17. The monoisotopic (exact) mass is 241 g/mol. The fourth-order valence-electron chi connectivity index (χ4n) is 1.15. The van der Waals surface area contributed by atoms with Crippen molar-refractivity contribution in [2.75, 3.05) is 6.54 Å². The molecular weight excluding hydrogens is 226 g/mol. The summed E-state index contributed by atoms with van der Waals surface area (Å²) >= 11 is 1.30. The van der Waals surface area contributed by atoms with E-state index in [4.69, 9.17) is 17.2 Å². The molecule has 0 saturated carbocycles. The van der Waals surface area contributed by atoms with E-state index in [1.54, 1.807) is 11.6 Å². The Kier molecular flexibility index (Phi) is 4.87. The summed E-state index contributed by atoms with van der Waals surface area (Å²) in [6, 6.07) is -0.527. The second-order valence-corrected chi connectivity index (χ2v) is 4.15. The smallest absolute Gasteiger partial charge is 0.207 e. The Bertz CT molecular complexity index is 358. The molecule has 6 N–H and O–H groups in total. The molecule has 0 fully saturated rings. The summed E-state index contributed by atoms with van der Waals surface area (Å²) in [5, 5.41) is 2.20. The van der Waals surface area contributed by atoms with Gasteiger partial charge < -0.3 is 17.2 Å². The summed E-state index contributed by atoms with van der Waals surface area (Å²) in [5.74, 6) is -0.0699. The molecule has 6 nitrogen and oxygen atoms in total. The molecule has 1 heterocycles. The molecule has 0 aliphatic rings. The number of aromatic nitrogens is 1. The molecule has 7 heteroatoms. The van der Waals surface area contributed by atoms with E-state index in [1.807, 2.05) is 0 Å². The summed E-state index contributed by atoms with van der Waals surface area (Å²) in [5.41, 5.74) is 16.1. The van der Waals surface area contributed by atoms with Crippen molar-refractivity contribution in [3.05, 3.63) is 16.6 Å². The highest BCUT2D eigenvalue weighted by Crippen LogP contribution is 2.09. The van der Waals surface area contributed by atoms with Crippen LogP contribution in [0.15, 0.2) is 16.6 Å². The molecule has 1 aromatic heterocycles. The maximum absolute atomic E-state index is 11.7. The molecule has 88 valence electrons. The van der Waals surface area contributed by atoms with Gasteiger partial charge in [0.1, 0.15) is 0 Å². The van der Waals surface area contributed by atoms with E-state index in [1.165, 1.54) is 11.3 Å². The highest BCUT2D eigenvalue weighted by molar-refractivity contribution is 7.11. The summed E-state index contributed by atoms with van der Waals surface area (Å²) < 4.78 is 0. The normalized spacial score (nSPS) is 12.1. The zero-order chi connectivity index (χ0) is 12.0. The van der Waals surface area contributed by atoms with Crippen molar-refractivity contribution < 1.29 is 4.79 Å². The van der Waals surface area contributed by atoms with E-state index >= 15 is 0 Å². The van der Waals surface area contributed by atoms with Gasteiger partial charge in [-0.1, -0.05) is 0 Å². The Balaban J connectivity index is 2.33. The predicted molar refractivity (Wildman–Crippen MR) is 64.3 cm³/mol. The second kappa shape index (κ2) is 6.19. The van der Waals surface area contributed by atoms with Gasteiger partial charge in [0.2, 0.25) is 5.78 Å². The Hall–Kier alpha value is -1.47. The number of carbonyl (C=O) groups is 1. The Morgan fingerprint density at radius 1 is 1.56 bits per heavy atom. The second-order valence-electron chi connectivity index (χ2n) is 3.26. The lowest BCUT2D eigenvalue weighted by atomic mass is 10.1. The SMILES string of the molecule is NC(N)=NCCC[C@H](N)C(=O)c1nccs1. The minimum Gasteiger partial charge on any atom is -0.370 e. The van der Waals surface area contributed by atoms with E-state index in [9.17, 15) is 4.79 Å². The summed E-state index contributed by atoms with van der Waals surface area (Å²) in [4.78, 5) is 19.4. The van der Waals surface area contributed by atoms with Crippen molar-refractivity contribution >= 4 is 23.1 Å². The number of nitrogens with zero attached hydrogens (tertiary/aromatic N) is 2. The van der Waals surface area contributed by atoms with Gasteiger partial charge in [-0.15, -0.1) is 11.3 Å². The van der Waals surface area contributed by atoms with Gasteiger partial charge in [0, 0.05) is 18.1 Å². The summed E-state index contributed by atoms with van der Waals surface area (Å²) in [6.07, 6.45) is 2.81. The lowest BCUT2D eigenvalue weighted by Crippen LogP contribution is -2.30. The van der Waals surface area contributed by atoms with Crippen LogP contribution in [0.25, 0.3) is 0 Å². The number of carbonyl (C=O) groups excluding carboxylic acids is 1. The highest BCUT2D eigenvalue weighted by atomic mass is 32.1. The van der Waals surface area contributed by atoms with Crippen LogP contribution in [0, 0.1) is 0 Å². The predicted octanol–water partition coefficient (Wildman–Crippen LogP) is -0.293. The first kappa shape index (κ1) is 12.6.